The average Bonchev–Trinajstić information content (AvgIpc) is 2.75. The molecule has 0 unspecified atom stereocenters. The van der Waals surface area contributed by atoms with Crippen molar-refractivity contribution in [3.8, 4) is 11.1 Å². The second-order valence-electron chi connectivity index (χ2n) is 6.86. The first-order valence-corrected chi connectivity index (χ1v) is 9.87. The molecule has 6 nitrogen and oxygen atoms in total. The van der Waals surface area contributed by atoms with Crippen LogP contribution in [0.15, 0.2) is 54.6 Å². The summed E-state index contributed by atoms with van der Waals surface area (Å²) in [6.07, 6.45) is 1.48. The molecule has 0 saturated heterocycles. The maximum atomic E-state index is 13.2. The van der Waals surface area contributed by atoms with Crippen molar-refractivity contribution in [3.63, 3.8) is 0 Å². The van der Waals surface area contributed by atoms with E-state index in [9.17, 15) is 14.4 Å². The maximum absolute atomic E-state index is 13.2. The molecule has 1 atom stereocenters. The van der Waals surface area contributed by atoms with Crippen LogP contribution in [-0.4, -0.2) is 47.4 Å². The molecule has 0 heterocycles. The zero-order chi connectivity index (χ0) is 21.2. The van der Waals surface area contributed by atoms with Gasteiger partial charge in [-0.15, -0.1) is 0 Å². The molecule has 2 amide bonds. The van der Waals surface area contributed by atoms with Gasteiger partial charge in [0, 0.05) is 25.6 Å². The molecular weight excluding hydrogens is 368 g/mol. The number of benzene rings is 2. The first kappa shape index (κ1) is 22.1. The van der Waals surface area contributed by atoms with Crippen molar-refractivity contribution < 1.29 is 19.5 Å². The van der Waals surface area contributed by atoms with E-state index in [2.05, 4.69) is 5.32 Å². The Morgan fingerprint density at radius 1 is 1.00 bits per heavy atom. The molecule has 29 heavy (non-hydrogen) atoms. The maximum Gasteiger partial charge on any atom is 0.303 e. The first-order chi connectivity index (χ1) is 14.0. The molecule has 0 aromatic heterocycles. The Kier molecular flexibility index (Phi) is 8.40. The molecule has 2 N–H and O–H groups in total. The number of amides is 2. The Bertz CT molecular complexity index is 819. The number of carboxylic acid groups (broad SMARTS) is 1. The summed E-state index contributed by atoms with van der Waals surface area (Å²) in [5, 5.41) is 11.6. The standard InChI is InChI=1S/C23H28N2O4/c1-3-4-16-25(20(22(28)24-2)14-15-21(26)27)23(29)19-12-10-18(11-13-19)17-8-6-5-7-9-17/h5-13,20H,3-4,14-16H2,1-2H3,(H,24,28)(H,26,27)/t20-/m0/s1. The average molecular weight is 396 g/mol. The van der Waals surface area contributed by atoms with Crippen LogP contribution >= 0.6 is 0 Å². The highest BCUT2D eigenvalue weighted by atomic mass is 16.4. The highest BCUT2D eigenvalue weighted by Gasteiger charge is 2.30. The smallest absolute Gasteiger partial charge is 0.303 e. The van der Waals surface area contributed by atoms with Crippen molar-refractivity contribution >= 4 is 17.8 Å². The summed E-state index contributed by atoms with van der Waals surface area (Å²) in [6.45, 7) is 2.40. The van der Waals surface area contributed by atoms with Crippen molar-refractivity contribution in [1.82, 2.24) is 10.2 Å². The van der Waals surface area contributed by atoms with Gasteiger partial charge in [0.15, 0.2) is 0 Å². The molecule has 0 aliphatic carbocycles. The van der Waals surface area contributed by atoms with E-state index in [1.807, 2.05) is 49.4 Å². The van der Waals surface area contributed by atoms with Crippen LogP contribution in [0.25, 0.3) is 11.1 Å². The summed E-state index contributed by atoms with van der Waals surface area (Å²) in [5.41, 5.74) is 2.53. The quantitative estimate of drug-likeness (QED) is 0.643. The van der Waals surface area contributed by atoms with Crippen molar-refractivity contribution in [1.29, 1.82) is 0 Å². The number of rotatable bonds is 10. The summed E-state index contributed by atoms with van der Waals surface area (Å²) in [7, 11) is 1.49. The van der Waals surface area contributed by atoms with E-state index < -0.39 is 12.0 Å². The number of carbonyl (C=O) groups excluding carboxylic acids is 2. The van der Waals surface area contributed by atoms with Gasteiger partial charge in [-0.25, -0.2) is 0 Å². The lowest BCUT2D eigenvalue weighted by Gasteiger charge is -2.30. The van der Waals surface area contributed by atoms with E-state index in [4.69, 9.17) is 5.11 Å². The highest BCUT2D eigenvalue weighted by Crippen LogP contribution is 2.21. The second-order valence-corrected chi connectivity index (χ2v) is 6.86. The number of unbranched alkanes of at least 4 members (excludes halogenated alkanes) is 1. The molecule has 6 heteroatoms. The Balaban J connectivity index is 2.28. The summed E-state index contributed by atoms with van der Waals surface area (Å²) < 4.78 is 0. The second kappa shape index (κ2) is 11.0. The number of aliphatic carboxylic acids is 1. The number of likely N-dealkylation sites (N-methyl/N-ethyl adjacent to an activating group) is 1. The summed E-state index contributed by atoms with van der Waals surface area (Å²) in [5.74, 6) is -1.61. The molecule has 2 aromatic rings. The van der Waals surface area contributed by atoms with Gasteiger partial charge in [-0.3, -0.25) is 14.4 Å². The number of nitrogens with zero attached hydrogens (tertiary/aromatic N) is 1. The first-order valence-electron chi connectivity index (χ1n) is 9.87. The van der Waals surface area contributed by atoms with Gasteiger partial charge >= 0.3 is 5.97 Å². The predicted octanol–water partition coefficient (Wildman–Crippen LogP) is 3.58. The molecule has 2 rings (SSSR count). The van der Waals surface area contributed by atoms with Crippen molar-refractivity contribution in [2.75, 3.05) is 13.6 Å². The topological polar surface area (TPSA) is 86.7 Å². The van der Waals surface area contributed by atoms with E-state index in [1.54, 1.807) is 12.1 Å². The zero-order valence-corrected chi connectivity index (χ0v) is 16.9. The Labute approximate surface area is 171 Å². The largest absolute Gasteiger partial charge is 0.481 e. The summed E-state index contributed by atoms with van der Waals surface area (Å²) in [6, 6.07) is 16.3. The van der Waals surface area contributed by atoms with Crippen molar-refractivity contribution in [3.05, 3.63) is 60.2 Å². The lowest BCUT2D eigenvalue weighted by molar-refractivity contribution is -0.137. The molecule has 2 aromatic carbocycles. The molecule has 0 aliphatic heterocycles. The van der Waals surface area contributed by atoms with Crippen LogP contribution in [0.4, 0.5) is 0 Å². The lowest BCUT2D eigenvalue weighted by atomic mass is 10.0. The van der Waals surface area contributed by atoms with Gasteiger partial charge in [-0.05, 0) is 36.1 Å². The third-order valence-corrected chi connectivity index (χ3v) is 4.81. The molecule has 0 saturated carbocycles. The third-order valence-electron chi connectivity index (χ3n) is 4.81. The normalized spacial score (nSPS) is 11.5. The molecule has 0 fully saturated rings. The highest BCUT2D eigenvalue weighted by molar-refractivity contribution is 5.98. The molecular formula is C23H28N2O4. The number of hydrogen-bond acceptors (Lipinski definition) is 3. The van der Waals surface area contributed by atoms with Gasteiger partial charge < -0.3 is 15.3 Å². The fourth-order valence-corrected chi connectivity index (χ4v) is 3.18. The fraction of sp³-hybridized carbons (Fsp3) is 0.348. The molecule has 154 valence electrons. The Morgan fingerprint density at radius 2 is 1.62 bits per heavy atom. The Hall–Kier alpha value is -3.15. The van der Waals surface area contributed by atoms with Crippen LogP contribution in [0.2, 0.25) is 0 Å². The van der Waals surface area contributed by atoms with Crippen LogP contribution in [0.1, 0.15) is 43.0 Å². The van der Waals surface area contributed by atoms with Gasteiger partial charge in [0.2, 0.25) is 5.91 Å². The number of carboxylic acids is 1. The van der Waals surface area contributed by atoms with Crippen molar-refractivity contribution in [2.24, 2.45) is 0 Å². The molecule has 0 bridgehead atoms. The zero-order valence-electron chi connectivity index (χ0n) is 16.9. The van der Waals surface area contributed by atoms with Gasteiger partial charge in [-0.1, -0.05) is 55.8 Å². The molecule has 0 spiro atoms. The predicted molar refractivity (Wildman–Crippen MR) is 113 cm³/mol. The van der Waals surface area contributed by atoms with Crippen LogP contribution in [0, 0.1) is 0 Å². The van der Waals surface area contributed by atoms with E-state index >= 15 is 0 Å². The number of carbonyl (C=O) groups is 3. The van der Waals surface area contributed by atoms with Gasteiger partial charge in [0.05, 0.1) is 0 Å². The van der Waals surface area contributed by atoms with Gasteiger partial charge in [-0.2, -0.15) is 0 Å². The summed E-state index contributed by atoms with van der Waals surface area (Å²) >= 11 is 0. The van der Waals surface area contributed by atoms with E-state index in [0.29, 0.717) is 12.1 Å². The van der Waals surface area contributed by atoms with E-state index in [0.717, 1.165) is 24.0 Å². The Morgan fingerprint density at radius 3 is 2.17 bits per heavy atom. The summed E-state index contributed by atoms with van der Waals surface area (Å²) in [4.78, 5) is 38.1. The minimum Gasteiger partial charge on any atom is -0.481 e. The van der Waals surface area contributed by atoms with Crippen molar-refractivity contribution in [2.45, 2.75) is 38.6 Å². The number of nitrogens with one attached hydrogen (secondary N) is 1. The molecule has 0 aliphatic rings. The fourth-order valence-electron chi connectivity index (χ4n) is 3.18. The van der Waals surface area contributed by atoms with E-state index in [-0.39, 0.29) is 24.7 Å². The van der Waals surface area contributed by atoms with Gasteiger partial charge in [0.1, 0.15) is 6.04 Å². The van der Waals surface area contributed by atoms with E-state index in [1.165, 1.54) is 11.9 Å². The van der Waals surface area contributed by atoms with Crippen LogP contribution in [0.3, 0.4) is 0 Å². The third kappa shape index (κ3) is 6.17. The molecule has 0 radical (unpaired) electrons. The van der Waals surface area contributed by atoms with Crippen LogP contribution in [0.5, 0.6) is 0 Å². The monoisotopic (exact) mass is 396 g/mol. The van der Waals surface area contributed by atoms with Crippen LogP contribution < -0.4 is 5.32 Å². The minimum absolute atomic E-state index is 0.0760. The number of hydrogen-bond donors (Lipinski definition) is 2. The van der Waals surface area contributed by atoms with Crippen LogP contribution in [-0.2, 0) is 9.59 Å². The SMILES string of the molecule is CCCCN(C(=O)c1ccc(-c2ccccc2)cc1)[C@@H](CCC(=O)O)C(=O)NC. The van der Waals surface area contributed by atoms with Gasteiger partial charge in [0.25, 0.3) is 5.91 Å². The minimum atomic E-state index is -0.992. The lowest BCUT2D eigenvalue weighted by Crippen LogP contribution is -2.49.